The van der Waals surface area contributed by atoms with Crippen molar-refractivity contribution in [2.45, 2.75) is 0 Å². The number of hydrogen-bond acceptors (Lipinski definition) is 6. The van der Waals surface area contributed by atoms with Gasteiger partial charge < -0.3 is 34.0 Å². The number of hydrogen-bond donors (Lipinski definition) is 0. The van der Waals surface area contributed by atoms with Gasteiger partial charge in [0, 0.05) is 37.2 Å². The van der Waals surface area contributed by atoms with E-state index in [0.717, 1.165) is 34.2 Å². The molecule has 0 bridgehead atoms. The molecule has 0 radical (unpaired) electrons. The summed E-state index contributed by atoms with van der Waals surface area (Å²) in [5, 5.41) is 0. The van der Waals surface area contributed by atoms with Crippen LogP contribution >= 0.6 is 0 Å². The minimum Gasteiger partial charge on any atom is -1.00 e. The maximum Gasteiger partial charge on any atom is 2.00 e. The van der Waals surface area contributed by atoms with Crippen LogP contribution in [0.1, 0.15) is 0 Å². The summed E-state index contributed by atoms with van der Waals surface area (Å²) in [4.78, 5) is 25.1. The Morgan fingerprint density at radius 2 is 0.410 bits per heavy atom. The van der Waals surface area contributed by atoms with E-state index in [2.05, 4.69) is 29.9 Å². The molecule has 6 heterocycles. The zero-order valence-corrected chi connectivity index (χ0v) is 24.9. The molecule has 0 saturated heterocycles. The zero-order chi connectivity index (χ0) is 24.7. The monoisotopic (exact) mass is 682 g/mol. The summed E-state index contributed by atoms with van der Waals surface area (Å²) in [5.74, 6) is 0. The van der Waals surface area contributed by atoms with Gasteiger partial charge in [-0.2, -0.15) is 0 Å². The van der Waals surface area contributed by atoms with Crippen molar-refractivity contribution >= 4 is 0 Å². The Morgan fingerprint density at radius 1 is 0.256 bits per heavy atom. The topological polar surface area (TPSA) is 77.3 Å². The van der Waals surface area contributed by atoms with Gasteiger partial charge in [0.1, 0.15) is 0 Å². The molecule has 6 rings (SSSR count). The Hall–Kier alpha value is -3.62. The van der Waals surface area contributed by atoms with E-state index >= 15 is 0 Å². The summed E-state index contributed by atoms with van der Waals surface area (Å²) in [6.07, 6.45) is 10.6. The van der Waals surface area contributed by atoms with Crippen LogP contribution in [0.5, 0.6) is 0 Å². The molecule has 0 aliphatic heterocycles. The first-order valence-corrected chi connectivity index (χ1v) is 11.4. The predicted octanol–water partition coefficient (Wildman–Crippen LogP) is 0.436. The molecule has 196 valence electrons. The Balaban J connectivity index is 0.000000282. The minimum atomic E-state index is 0. The molecule has 0 fully saturated rings. The first kappa shape index (κ1) is 33.4. The molecule has 0 aromatic carbocycles. The van der Waals surface area contributed by atoms with Crippen LogP contribution in [0, 0.1) is 0 Å². The fourth-order valence-corrected chi connectivity index (χ4v) is 3.09. The Labute approximate surface area is 260 Å². The SMILES string of the molecule is [Br-].[Br-].[Fe+2].c1ccc(-c2ccccn2)nc1.c1ccc(-c2ccccn2)nc1.c1ccc(-c2ccccn2)nc1. The third-order valence-electron chi connectivity index (χ3n) is 4.78. The Morgan fingerprint density at radius 3 is 0.513 bits per heavy atom. The van der Waals surface area contributed by atoms with Gasteiger partial charge in [0.15, 0.2) is 0 Å². The Kier molecular flexibility index (Phi) is 16.7. The maximum atomic E-state index is 4.19. The molecule has 0 unspecified atom stereocenters. The van der Waals surface area contributed by atoms with E-state index in [-0.39, 0.29) is 51.0 Å². The van der Waals surface area contributed by atoms with Gasteiger partial charge in [-0.15, -0.1) is 0 Å². The fourth-order valence-electron chi connectivity index (χ4n) is 3.09. The van der Waals surface area contributed by atoms with E-state index in [0.29, 0.717) is 0 Å². The van der Waals surface area contributed by atoms with Crippen molar-refractivity contribution in [1.82, 2.24) is 29.9 Å². The number of aromatic nitrogens is 6. The van der Waals surface area contributed by atoms with E-state index in [1.165, 1.54) is 0 Å². The second-order valence-electron chi connectivity index (χ2n) is 7.29. The summed E-state index contributed by atoms with van der Waals surface area (Å²) in [7, 11) is 0. The number of rotatable bonds is 3. The molecule has 9 heteroatoms. The van der Waals surface area contributed by atoms with Crippen molar-refractivity contribution < 1.29 is 51.0 Å². The van der Waals surface area contributed by atoms with Crippen LogP contribution in [0.25, 0.3) is 34.2 Å². The first-order chi connectivity index (χ1) is 17.9. The Bertz CT molecular complexity index is 1110. The van der Waals surface area contributed by atoms with E-state index in [9.17, 15) is 0 Å². The van der Waals surface area contributed by atoms with Gasteiger partial charge in [-0.05, 0) is 72.8 Å². The average molecular weight is 684 g/mol. The number of halogens is 2. The number of nitrogens with zero attached hydrogens (tertiary/aromatic N) is 6. The van der Waals surface area contributed by atoms with Crippen LogP contribution in [0.3, 0.4) is 0 Å². The van der Waals surface area contributed by atoms with Crippen LogP contribution in [-0.4, -0.2) is 29.9 Å². The van der Waals surface area contributed by atoms with Gasteiger partial charge in [-0.1, -0.05) is 36.4 Å². The maximum absolute atomic E-state index is 4.19. The summed E-state index contributed by atoms with van der Waals surface area (Å²) in [6.45, 7) is 0. The molecule has 0 saturated carbocycles. The molecule has 0 amide bonds. The van der Waals surface area contributed by atoms with Gasteiger partial charge in [0.2, 0.25) is 0 Å². The smallest absolute Gasteiger partial charge is 1.00 e. The summed E-state index contributed by atoms with van der Waals surface area (Å²) < 4.78 is 0. The molecule has 0 N–H and O–H groups in total. The van der Waals surface area contributed by atoms with Crippen LogP contribution in [0.2, 0.25) is 0 Å². The standard InChI is InChI=1S/3C10H8N2.2BrH.Fe/c3*1-3-7-11-9(5-1)10-6-2-4-8-12-10;;;/h3*1-8H;2*1H;/q;;;;;+2/p-2. The van der Waals surface area contributed by atoms with Crippen molar-refractivity contribution in [3.05, 3.63) is 146 Å². The van der Waals surface area contributed by atoms with Crippen LogP contribution < -0.4 is 34.0 Å². The van der Waals surface area contributed by atoms with Gasteiger partial charge in [0.25, 0.3) is 0 Å². The molecule has 39 heavy (non-hydrogen) atoms. The second kappa shape index (κ2) is 19.4. The van der Waals surface area contributed by atoms with Gasteiger partial charge in [-0.25, -0.2) is 0 Å². The van der Waals surface area contributed by atoms with Gasteiger partial charge in [-0.3, -0.25) is 29.9 Å². The molecule has 0 aliphatic rings. The van der Waals surface area contributed by atoms with Gasteiger partial charge >= 0.3 is 17.1 Å². The van der Waals surface area contributed by atoms with E-state index < -0.39 is 0 Å². The predicted molar refractivity (Wildman–Crippen MR) is 142 cm³/mol. The zero-order valence-electron chi connectivity index (χ0n) is 20.6. The van der Waals surface area contributed by atoms with E-state index in [4.69, 9.17) is 0 Å². The van der Waals surface area contributed by atoms with Crippen molar-refractivity contribution in [3.8, 4) is 34.2 Å². The van der Waals surface area contributed by atoms with Gasteiger partial charge in [0.05, 0.1) is 34.2 Å². The van der Waals surface area contributed by atoms with Crippen molar-refractivity contribution in [2.75, 3.05) is 0 Å². The molecule has 0 atom stereocenters. The van der Waals surface area contributed by atoms with E-state index in [1.54, 1.807) is 37.2 Å². The molecule has 0 spiro atoms. The molecular formula is C30H24Br2FeN6. The van der Waals surface area contributed by atoms with Crippen molar-refractivity contribution in [3.63, 3.8) is 0 Å². The summed E-state index contributed by atoms with van der Waals surface area (Å²) >= 11 is 0. The average Bonchev–Trinajstić information content (AvgIpc) is 3.01. The summed E-state index contributed by atoms with van der Waals surface area (Å²) in [5.41, 5.74) is 5.49. The largest absolute Gasteiger partial charge is 2.00 e. The van der Waals surface area contributed by atoms with Crippen LogP contribution in [-0.2, 0) is 17.1 Å². The molecule has 0 aliphatic carbocycles. The van der Waals surface area contributed by atoms with Crippen molar-refractivity contribution in [1.29, 1.82) is 0 Å². The molecule has 6 aromatic rings. The summed E-state index contributed by atoms with van der Waals surface area (Å²) in [6, 6.07) is 34.8. The normalized spacial score (nSPS) is 8.92. The van der Waals surface area contributed by atoms with Crippen molar-refractivity contribution in [2.24, 2.45) is 0 Å². The molecular weight excluding hydrogens is 660 g/mol. The van der Waals surface area contributed by atoms with Crippen LogP contribution in [0.15, 0.2) is 146 Å². The van der Waals surface area contributed by atoms with Crippen LogP contribution in [0.4, 0.5) is 0 Å². The first-order valence-electron chi connectivity index (χ1n) is 11.4. The second-order valence-corrected chi connectivity index (χ2v) is 7.29. The third-order valence-corrected chi connectivity index (χ3v) is 4.78. The van der Waals surface area contributed by atoms with E-state index in [1.807, 2.05) is 109 Å². The number of pyridine rings is 6. The minimum absolute atomic E-state index is 0. The quantitative estimate of drug-likeness (QED) is 0.252. The fraction of sp³-hybridized carbons (Fsp3) is 0. The molecule has 6 aromatic heterocycles. The third kappa shape index (κ3) is 11.3. The molecule has 6 nitrogen and oxygen atoms in total.